The lowest BCUT2D eigenvalue weighted by Crippen LogP contribution is -2.43. The van der Waals surface area contributed by atoms with Crippen LogP contribution in [-0.4, -0.2) is 53.1 Å². The Morgan fingerprint density at radius 3 is 3.09 bits per heavy atom. The molecule has 22 heavy (non-hydrogen) atoms. The zero-order valence-corrected chi connectivity index (χ0v) is 13.7. The maximum Gasteiger partial charge on any atom is 0.243 e. The number of morpholine rings is 1. The third-order valence-electron chi connectivity index (χ3n) is 3.72. The predicted octanol–water partition coefficient (Wildman–Crippen LogP) is 1.39. The van der Waals surface area contributed by atoms with Crippen molar-refractivity contribution in [1.82, 2.24) is 20.2 Å². The SMILES string of the molecule is CC(C)=CC(=O)NCC[C@H]1CN(Cc2nc[nH]c2C)CCO1. The summed E-state index contributed by atoms with van der Waals surface area (Å²) < 4.78 is 5.78. The Labute approximate surface area is 131 Å². The van der Waals surface area contributed by atoms with E-state index in [1.54, 1.807) is 12.4 Å². The van der Waals surface area contributed by atoms with E-state index in [9.17, 15) is 4.79 Å². The van der Waals surface area contributed by atoms with Crippen LogP contribution in [0, 0.1) is 6.92 Å². The lowest BCUT2D eigenvalue weighted by Gasteiger charge is -2.32. The number of imidazole rings is 1. The van der Waals surface area contributed by atoms with Crippen LogP contribution in [0.25, 0.3) is 0 Å². The first kappa shape index (κ1) is 16.7. The van der Waals surface area contributed by atoms with Crippen molar-refractivity contribution in [2.75, 3.05) is 26.2 Å². The molecule has 0 aromatic carbocycles. The Bertz CT molecular complexity index is 520. The monoisotopic (exact) mass is 306 g/mol. The summed E-state index contributed by atoms with van der Waals surface area (Å²) in [6.07, 6.45) is 4.36. The molecule has 6 nitrogen and oxygen atoms in total. The van der Waals surface area contributed by atoms with E-state index in [2.05, 4.69) is 20.2 Å². The van der Waals surface area contributed by atoms with E-state index in [-0.39, 0.29) is 12.0 Å². The zero-order chi connectivity index (χ0) is 15.9. The number of hydrogen-bond acceptors (Lipinski definition) is 4. The van der Waals surface area contributed by atoms with E-state index < -0.39 is 0 Å². The van der Waals surface area contributed by atoms with Crippen LogP contribution in [-0.2, 0) is 16.1 Å². The van der Waals surface area contributed by atoms with Gasteiger partial charge in [-0.2, -0.15) is 0 Å². The van der Waals surface area contributed by atoms with E-state index in [4.69, 9.17) is 4.74 Å². The molecule has 1 aliphatic heterocycles. The molecule has 1 atom stereocenters. The Morgan fingerprint density at radius 1 is 1.59 bits per heavy atom. The molecule has 1 amide bonds. The van der Waals surface area contributed by atoms with Crippen molar-refractivity contribution in [1.29, 1.82) is 0 Å². The van der Waals surface area contributed by atoms with Crippen LogP contribution in [0.2, 0.25) is 0 Å². The molecule has 0 radical (unpaired) electrons. The highest BCUT2D eigenvalue weighted by Crippen LogP contribution is 2.12. The van der Waals surface area contributed by atoms with Crippen LogP contribution in [0.15, 0.2) is 18.0 Å². The lowest BCUT2D eigenvalue weighted by molar-refractivity contribution is -0.116. The van der Waals surface area contributed by atoms with Gasteiger partial charge in [0.05, 0.1) is 24.7 Å². The molecule has 1 aromatic rings. The number of ether oxygens (including phenoxy) is 1. The van der Waals surface area contributed by atoms with Crippen LogP contribution >= 0.6 is 0 Å². The molecule has 0 bridgehead atoms. The van der Waals surface area contributed by atoms with Crippen LogP contribution in [0.1, 0.15) is 31.7 Å². The molecule has 1 aliphatic rings. The molecule has 2 N–H and O–H groups in total. The number of hydrogen-bond donors (Lipinski definition) is 2. The Morgan fingerprint density at radius 2 is 2.41 bits per heavy atom. The van der Waals surface area contributed by atoms with Gasteiger partial charge in [-0.15, -0.1) is 0 Å². The summed E-state index contributed by atoms with van der Waals surface area (Å²) in [7, 11) is 0. The van der Waals surface area contributed by atoms with Gasteiger partial charge < -0.3 is 15.0 Å². The Hall–Kier alpha value is -1.66. The number of allylic oxidation sites excluding steroid dienone is 1. The number of rotatable bonds is 6. The number of nitrogens with zero attached hydrogens (tertiary/aromatic N) is 2. The summed E-state index contributed by atoms with van der Waals surface area (Å²) in [6.45, 7) is 9.90. The van der Waals surface area contributed by atoms with Crippen LogP contribution < -0.4 is 5.32 Å². The van der Waals surface area contributed by atoms with Gasteiger partial charge in [-0.3, -0.25) is 9.69 Å². The summed E-state index contributed by atoms with van der Waals surface area (Å²) >= 11 is 0. The van der Waals surface area contributed by atoms with E-state index in [0.717, 1.165) is 49.6 Å². The first-order valence-electron chi connectivity index (χ1n) is 7.80. The van der Waals surface area contributed by atoms with Gasteiger partial charge in [-0.25, -0.2) is 4.98 Å². The van der Waals surface area contributed by atoms with Gasteiger partial charge in [-0.05, 0) is 27.2 Å². The summed E-state index contributed by atoms with van der Waals surface area (Å²) in [5, 5.41) is 2.90. The molecule has 122 valence electrons. The molecule has 1 fully saturated rings. The molecule has 0 saturated carbocycles. The molecular weight excluding hydrogens is 280 g/mol. The van der Waals surface area contributed by atoms with Crippen molar-refractivity contribution in [3.63, 3.8) is 0 Å². The molecule has 2 rings (SSSR count). The summed E-state index contributed by atoms with van der Waals surface area (Å²) in [4.78, 5) is 21.4. The van der Waals surface area contributed by atoms with Crippen molar-refractivity contribution in [2.24, 2.45) is 0 Å². The first-order valence-corrected chi connectivity index (χ1v) is 7.80. The third kappa shape index (κ3) is 5.27. The summed E-state index contributed by atoms with van der Waals surface area (Å²) in [5.74, 6) is -0.0280. The molecule has 1 aromatic heterocycles. The quantitative estimate of drug-likeness (QED) is 0.779. The standard InChI is InChI=1S/C16H26N4O2/c1-12(2)8-16(21)17-5-4-14-9-20(6-7-22-14)10-15-13(3)18-11-19-15/h8,11,14H,4-7,9-10H2,1-3H3,(H,17,21)(H,18,19)/t14-/m0/s1. The maximum absolute atomic E-state index is 11.6. The number of aryl methyl sites for hydroxylation is 1. The van der Waals surface area contributed by atoms with Crippen molar-refractivity contribution >= 4 is 5.91 Å². The van der Waals surface area contributed by atoms with Crippen molar-refractivity contribution in [3.8, 4) is 0 Å². The number of nitrogens with one attached hydrogen (secondary N) is 2. The fraction of sp³-hybridized carbons (Fsp3) is 0.625. The zero-order valence-electron chi connectivity index (χ0n) is 13.7. The van der Waals surface area contributed by atoms with Crippen molar-refractivity contribution in [2.45, 2.75) is 39.8 Å². The molecule has 1 saturated heterocycles. The first-order chi connectivity index (χ1) is 10.5. The minimum atomic E-state index is -0.0280. The minimum Gasteiger partial charge on any atom is -0.375 e. The minimum absolute atomic E-state index is 0.0280. The molecule has 0 spiro atoms. The Kier molecular flexibility index (Phi) is 6.15. The number of aromatic amines is 1. The Balaban J connectivity index is 1.73. The summed E-state index contributed by atoms with van der Waals surface area (Å²) in [6, 6.07) is 0. The lowest BCUT2D eigenvalue weighted by atomic mass is 10.2. The van der Waals surface area contributed by atoms with Crippen LogP contribution in [0.5, 0.6) is 0 Å². The van der Waals surface area contributed by atoms with Crippen molar-refractivity contribution < 1.29 is 9.53 Å². The average molecular weight is 306 g/mol. The van der Waals surface area contributed by atoms with Gasteiger partial charge in [0, 0.05) is 37.9 Å². The number of H-pyrrole nitrogens is 1. The van der Waals surface area contributed by atoms with E-state index in [0.29, 0.717) is 6.54 Å². The van der Waals surface area contributed by atoms with Crippen LogP contribution in [0.4, 0.5) is 0 Å². The molecule has 0 unspecified atom stereocenters. The van der Waals surface area contributed by atoms with Gasteiger partial charge in [0.1, 0.15) is 0 Å². The highest BCUT2D eigenvalue weighted by atomic mass is 16.5. The van der Waals surface area contributed by atoms with Crippen LogP contribution in [0.3, 0.4) is 0 Å². The van der Waals surface area contributed by atoms with Crippen molar-refractivity contribution in [3.05, 3.63) is 29.4 Å². The number of carbonyl (C=O) groups excluding carboxylic acids is 1. The van der Waals surface area contributed by atoms with E-state index >= 15 is 0 Å². The van der Waals surface area contributed by atoms with E-state index in [1.165, 1.54) is 0 Å². The fourth-order valence-corrected chi connectivity index (χ4v) is 2.53. The number of amides is 1. The average Bonchev–Trinajstić information content (AvgIpc) is 2.84. The second-order valence-corrected chi connectivity index (χ2v) is 6.00. The second-order valence-electron chi connectivity index (χ2n) is 6.00. The molecular formula is C16H26N4O2. The molecule has 0 aliphatic carbocycles. The van der Waals surface area contributed by atoms with Gasteiger partial charge in [0.2, 0.25) is 5.91 Å². The number of aromatic nitrogens is 2. The van der Waals surface area contributed by atoms with Gasteiger partial charge >= 0.3 is 0 Å². The topological polar surface area (TPSA) is 70.2 Å². The smallest absolute Gasteiger partial charge is 0.243 e. The molecule has 6 heteroatoms. The third-order valence-corrected chi connectivity index (χ3v) is 3.72. The highest BCUT2D eigenvalue weighted by Gasteiger charge is 2.21. The maximum atomic E-state index is 11.6. The van der Waals surface area contributed by atoms with E-state index in [1.807, 2.05) is 20.8 Å². The predicted molar refractivity (Wildman–Crippen MR) is 85.4 cm³/mol. The largest absolute Gasteiger partial charge is 0.375 e. The summed E-state index contributed by atoms with van der Waals surface area (Å²) in [5.41, 5.74) is 3.22. The normalized spacial score (nSPS) is 19.0. The molecule has 2 heterocycles. The van der Waals surface area contributed by atoms with Gasteiger partial charge in [-0.1, -0.05) is 5.57 Å². The fourth-order valence-electron chi connectivity index (χ4n) is 2.53. The number of carbonyl (C=O) groups is 1. The highest BCUT2D eigenvalue weighted by molar-refractivity contribution is 5.87. The second kappa shape index (κ2) is 8.10. The van der Waals surface area contributed by atoms with Gasteiger partial charge in [0.25, 0.3) is 0 Å². The van der Waals surface area contributed by atoms with Gasteiger partial charge in [0.15, 0.2) is 0 Å².